The minimum atomic E-state index is -4.07. The van der Waals surface area contributed by atoms with Gasteiger partial charge < -0.3 is 0 Å². The number of benzene rings is 1. The summed E-state index contributed by atoms with van der Waals surface area (Å²) < 4.78 is 30.8. The van der Waals surface area contributed by atoms with Crippen LogP contribution in [0.4, 0.5) is 0 Å². The summed E-state index contributed by atoms with van der Waals surface area (Å²) in [5, 5.41) is 0. The third-order valence-electron chi connectivity index (χ3n) is 3.97. The molecule has 0 bridgehead atoms. The van der Waals surface area contributed by atoms with Gasteiger partial charge in [-0.25, -0.2) is 0 Å². The minimum Gasteiger partial charge on any atom is -0.282 e. The fraction of sp³-hybridized carbons (Fsp3) is 0.667. The van der Waals surface area contributed by atoms with Gasteiger partial charge in [-0.15, -0.1) is 0 Å². The Hall–Kier alpha value is 0.390. The molecule has 1 N–H and O–H groups in total. The molecule has 0 heterocycles. The second kappa shape index (κ2) is 12.7. The molecular formula is C18H30CaO3S. The zero-order valence-corrected chi connectivity index (χ0v) is 17.7. The van der Waals surface area contributed by atoms with Crippen molar-refractivity contribution in [2.24, 2.45) is 5.92 Å². The first-order valence-corrected chi connectivity index (χ1v) is 9.90. The Balaban J connectivity index is 0.00000484. The molecule has 0 amide bonds. The van der Waals surface area contributed by atoms with Crippen molar-refractivity contribution in [3.8, 4) is 0 Å². The maximum atomic E-state index is 10.9. The molecular weight excluding hydrogens is 336 g/mol. The van der Waals surface area contributed by atoms with Gasteiger partial charge in [-0.05, 0) is 36.5 Å². The van der Waals surface area contributed by atoms with E-state index in [-0.39, 0.29) is 42.6 Å². The average Bonchev–Trinajstić information content (AvgIpc) is 2.45. The van der Waals surface area contributed by atoms with Crippen molar-refractivity contribution in [3.63, 3.8) is 0 Å². The standard InChI is InChI=1S/C18H30O3S.Ca/c1-16(2)10-8-6-4-3-5-7-9-11-17-12-14-18(15-13-17)22(19,20)21;/h12-16H,3-11H2,1-2H3,(H,19,20,21);. The Labute approximate surface area is 172 Å². The Kier molecular flexibility index (Phi) is 12.9. The Bertz CT molecular complexity index is 510. The molecule has 0 saturated carbocycles. The van der Waals surface area contributed by atoms with Gasteiger partial charge >= 0.3 is 0 Å². The zero-order valence-electron chi connectivity index (χ0n) is 14.6. The first-order valence-electron chi connectivity index (χ1n) is 8.46. The minimum absolute atomic E-state index is 0. The summed E-state index contributed by atoms with van der Waals surface area (Å²) in [6.07, 6.45) is 11.3. The summed E-state index contributed by atoms with van der Waals surface area (Å²) in [6.45, 7) is 4.56. The topological polar surface area (TPSA) is 54.4 Å². The van der Waals surface area contributed by atoms with E-state index in [4.69, 9.17) is 4.55 Å². The molecule has 2 radical (unpaired) electrons. The number of hydrogen-bond donors (Lipinski definition) is 1. The van der Waals surface area contributed by atoms with Crippen molar-refractivity contribution in [2.75, 3.05) is 0 Å². The van der Waals surface area contributed by atoms with E-state index in [1.807, 2.05) is 0 Å². The molecule has 5 heteroatoms. The van der Waals surface area contributed by atoms with Gasteiger partial charge in [0, 0.05) is 37.7 Å². The second-order valence-electron chi connectivity index (χ2n) is 6.53. The molecule has 0 spiro atoms. The van der Waals surface area contributed by atoms with Crippen LogP contribution in [-0.2, 0) is 16.5 Å². The number of rotatable bonds is 11. The molecule has 23 heavy (non-hydrogen) atoms. The smallest absolute Gasteiger partial charge is 0.282 e. The SMILES string of the molecule is CC(C)CCCCCCCCCc1ccc(S(=O)(=O)O)cc1.[Ca]. The Morgan fingerprint density at radius 2 is 1.35 bits per heavy atom. The molecule has 1 aromatic rings. The first kappa shape index (κ1) is 23.4. The Morgan fingerprint density at radius 1 is 0.870 bits per heavy atom. The van der Waals surface area contributed by atoms with E-state index in [1.165, 1.54) is 57.1 Å². The van der Waals surface area contributed by atoms with Gasteiger partial charge in [-0.1, -0.05) is 70.9 Å². The summed E-state index contributed by atoms with van der Waals surface area (Å²) in [7, 11) is -4.07. The number of hydrogen-bond acceptors (Lipinski definition) is 2. The largest absolute Gasteiger partial charge is 0.294 e. The van der Waals surface area contributed by atoms with Crippen LogP contribution >= 0.6 is 0 Å². The van der Waals surface area contributed by atoms with E-state index in [0.717, 1.165) is 24.3 Å². The molecule has 0 aliphatic rings. The summed E-state index contributed by atoms with van der Waals surface area (Å²) in [4.78, 5) is -0.0300. The van der Waals surface area contributed by atoms with Crippen molar-refractivity contribution in [1.82, 2.24) is 0 Å². The van der Waals surface area contributed by atoms with Gasteiger partial charge in [0.05, 0.1) is 4.90 Å². The van der Waals surface area contributed by atoms with Crippen LogP contribution in [0.2, 0.25) is 0 Å². The van der Waals surface area contributed by atoms with Crippen LogP contribution in [0.1, 0.15) is 70.8 Å². The first-order chi connectivity index (χ1) is 10.4. The summed E-state index contributed by atoms with van der Waals surface area (Å²) in [6, 6.07) is 6.52. The summed E-state index contributed by atoms with van der Waals surface area (Å²) >= 11 is 0. The van der Waals surface area contributed by atoms with E-state index in [1.54, 1.807) is 12.1 Å². The van der Waals surface area contributed by atoms with E-state index < -0.39 is 10.1 Å². The van der Waals surface area contributed by atoms with Crippen molar-refractivity contribution in [2.45, 2.75) is 76.5 Å². The normalized spacial score (nSPS) is 11.5. The van der Waals surface area contributed by atoms with Crippen LogP contribution in [0, 0.1) is 5.92 Å². The van der Waals surface area contributed by atoms with Crippen LogP contribution in [0.3, 0.4) is 0 Å². The number of aryl methyl sites for hydroxylation is 1. The van der Waals surface area contributed by atoms with Crippen molar-refractivity contribution in [1.29, 1.82) is 0 Å². The zero-order chi connectivity index (χ0) is 16.4. The van der Waals surface area contributed by atoms with Gasteiger partial charge in [0.15, 0.2) is 0 Å². The predicted octanol–water partition coefficient (Wildman–Crippen LogP) is 4.87. The van der Waals surface area contributed by atoms with Crippen molar-refractivity contribution in [3.05, 3.63) is 29.8 Å². The molecule has 0 unspecified atom stereocenters. The molecule has 0 atom stereocenters. The quantitative estimate of drug-likeness (QED) is 0.345. The number of unbranched alkanes of at least 4 members (excludes halogenated alkanes) is 6. The van der Waals surface area contributed by atoms with E-state index in [2.05, 4.69) is 13.8 Å². The van der Waals surface area contributed by atoms with Crippen LogP contribution in [0.5, 0.6) is 0 Å². The Morgan fingerprint density at radius 3 is 1.83 bits per heavy atom. The molecule has 0 fully saturated rings. The van der Waals surface area contributed by atoms with E-state index in [9.17, 15) is 8.42 Å². The van der Waals surface area contributed by atoms with Crippen molar-refractivity contribution < 1.29 is 13.0 Å². The molecule has 128 valence electrons. The third-order valence-corrected chi connectivity index (χ3v) is 4.84. The molecule has 1 aromatic carbocycles. The van der Waals surface area contributed by atoms with Gasteiger partial charge in [-0.3, -0.25) is 4.55 Å². The molecule has 1 rings (SSSR count). The molecule has 3 nitrogen and oxygen atoms in total. The molecule has 0 aliphatic heterocycles. The van der Waals surface area contributed by atoms with Crippen LogP contribution in [-0.4, -0.2) is 50.7 Å². The van der Waals surface area contributed by atoms with E-state index >= 15 is 0 Å². The predicted molar refractivity (Wildman–Crippen MR) is 97.5 cm³/mol. The summed E-state index contributed by atoms with van der Waals surface area (Å²) in [5.74, 6) is 0.826. The van der Waals surface area contributed by atoms with Crippen LogP contribution < -0.4 is 0 Å². The van der Waals surface area contributed by atoms with Gasteiger partial charge in [-0.2, -0.15) is 8.42 Å². The third kappa shape index (κ3) is 11.5. The van der Waals surface area contributed by atoms with E-state index in [0.29, 0.717) is 0 Å². The monoisotopic (exact) mass is 366 g/mol. The van der Waals surface area contributed by atoms with Gasteiger partial charge in [0.25, 0.3) is 10.1 Å². The van der Waals surface area contributed by atoms with Gasteiger partial charge in [0.2, 0.25) is 0 Å². The summed E-state index contributed by atoms with van der Waals surface area (Å²) in [5.41, 5.74) is 1.13. The fourth-order valence-corrected chi connectivity index (χ4v) is 3.07. The average molecular weight is 367 g/mol. The second-order valence-corrected chi connectivity index (χ2v) is 7.95. The van der Waals surface area contributed by atoms with Crippen LogP contribution in [0.25, 0.3) is 0 Å². The fourth-order valence-electron chi connectivity index (χ4n) is 2.59. The molecule has 0 saturated heterocycles. The maximum absolute atomic E-state index is 10.9. The van der Waals surface area contributed by atoms with Crippen molar-refractivity contribution >= 4 is 47.9 Å². The maximum Gasteiger partial charge on any atom is 0.294 e. The molecule has 0 aliphatic carbocycles. The molecule has 0 aromatic heterocycles. The van der Waals surface area contributed by atoms with Gasteiger partial charge in [0.1, 0.15) is 0 Å². The van der Waals surface area contributed by atoms with Crippen LogP contribution in [0.15, 0.2) is 29.2 Å².